The third-order valence-corrected chi connectivity index (χ3v) is 3.59. The monoisotopic (exact) mass is 334 g/mol. The summed E-state index contributed by atoms with van der Waals surface area (Å²) in [4.78, 5) is 8.57. The highest BCUT2D eigenvalue weighted by Gasteiger charge is 2.12. The lowest BCUT2D eigenvalue weighted by molar-refractivity contribution is 0.489. The van der Waals surface area contributed by atoms with Crippen LogP contribution in [0.5, 0.6) is 0 Å². The summed E-state index contributed by atoms with van der Waals surface area (Å²) < 4.78 is 3.46. The predicted molar refractivity (Wildman–Crippen MR) is 86.7 cm³/mol. The molecule has 4 aromatic rings. The molecule has 0 fully saturated rings. The van der Waals surface area contributed by atoms with Gasteiger partial charge in [0.1, 0.15) is 11.4 Å². The second kappa shape index (κ2) is 6.91. The van der Waals surface area contributed by atoms with Crippen molar-refractivity contribution in [1.29, 1.82) is 0 Å². The molecule has 0 unspecified atom stereocenters. The van der Waals surface area contributed by atoms with Crippen LogP contribution in [0.15, 0.2) is 48.8 Å². The Labute approximate surface area is 142 Å². The van der Waals surface area contributed by atoms with E-state index in [2.05, 4.69) is 41.0 Å². The van der Waals surface area contributed by atoms with Gasteiger partial charge in [0.05, 0.1) is 0 Å². The average Bonchev–Trinajstić information content (AvgIpc) is 3.33. The molecule has 0 aliphatic carbocycles. The van der Waals surface area contributed by atoms with Gasteiger partial charge in [-0.1, -0.05) is 12.1 Å². The summed E-state index contributed by atoms with van der Waals surface area (Å²) in [5, 5.41) is 23.7. The van der Waals surface area contributed by atoms with Crippen molar-refractivity contribution >= 4 is 0 Å². The molecule has 0 aliphatic rings. The Morgan fingerprint density at radius 2 is 1.20 bits per heavy atom. The third kappa shape index (κ3) is 3.22. The molecule has 0 N–H and O–H groups in total. The molecule has 0 saturated heterocycles. The van der Waals surface area contributed by atoms with E-state index in [-0.39, 0.29) is 0 Å². The number of aromatic nitrogens is 10. The lowest BCUT2D eigenvalue weighted by Gasteiger charge is -2.05. The molecule has 0 bridgehead atoms. The number of pyridine rings is 2. The second-order valence-corrected chi connectivity index (χ2v) is 5.23. The molecule has 4 aromatic heterocycles. The summed E-state index contributed by atoms with van der Waals surface area (Å²) >= 11 is 0. The van der Waals surface area contributed by atoms with Gasteiger partial charge in [-0.15, -0.1) is 10.2 Å². The Kier molecular flexibility index (Phi) is 4.14. The van der Waals surface area contributed by atoms with Gasteiger partial charge >= 0.3 is 0 Å². The van der Waals surface area contributed by atoms with Gasteiger partial charge in [0.15, 0.2) is 0 Å². The molecule has 0 atom stereocenters. The number of rotatable bonds is 6. The van der Waals surface area contributed by atoms with Gasteiger partial charge in [0, 0.05) is 25.5 Å². The number of nitrogens with zero attached hydrogens (tertiary/aromatic N) is 10. The summed E-state index contributed by atoms with van der Waals surface area (Å²) in [5.74, 6) is 1.28. The minimum absolute atomic E-state index is 0.625. The molecule has 124 valence electrons. The van der Waals surface area contributed by atoms with Crippen LogP contribution in [0, 0.1) is 0 Å². The van der Waals surface area contributed by atoms with Gasteiger partial charge in [0.25, 0.3) is 0 Å². The first kappa shape index (κ1) is 15.0. The molecule has 0 spiro atoms. The summed E-state index contributed by atoms with van der Waals surface area (Å²) in [6.07, 6.45) is 4.19. The Hall–Kier alpha value is -3.56. The van der Waals surface area contributed by atoms with Crippen molar-refractivity contribution in [3.63, 3.8) is 0 Å². The zero-order chi connectivity index (χ0) is 16.9. The molecular weight excluding hydrogens is 320 g/mol. The fourth-order valence-corrected chi connectivity index (χ4v) is 2.44. The van der Waals surface area contributed by atoms with Gasteiger partial charge in [-0.25, -0.2) is 9.36 Å². The van der Waals surface area contributed by atoms with Crippen LogP contribution in [0.3, 0.4) is 0 Å². The lowest BCUT2D eigenvalue weighted by atomic mass is 10.3. The molecule has 4 rings (SSSR count). The number of tetrazole rings is 2. The average molecular weight is 334 g/mol. The van der Waals surface area contributed by atoms with Crippen molar-refractivity contribution < 1.29 is 0 Å². The van der Waals surface area contributed by atoms with Crippen molar-refractivity contribution in [2.45, 2.75) is 19.5 Å². The number of hydrogen-bond donors (Lipinski definition) is 0. The highest BCUT2D eigenvalue weighted by molar-refractivity contribution is 5.48. The Morgan fingerprint density at radius 1 is 0.680 bits per heavy atom. The van der Waals surface area contributed by atoms with Crippen molar-refractivity contribution in [1.82, 2.24) is 50.4 Å². The van der Waals surface area contributed by atoms with E-state index < -0.39 is 0 Å². The number of hydrogen-bond acceptors (Lipinski definition) is 8. The quantitative estimate of drug-likeness (QED) is 0.510. The van der Waals surface area contributed by atoms with Crippen LogP contribution in [0.2, 0.25) is 0 Å². The van der Waals surface area contributed by atoms with E-state index in [1.54, 1.807) is 21.8 Å². The molecule has 25 heavy (non-hydrogen) atoms. The van der Waals surface area contributed by atoms with Crippen molar-refractivity contribution in [2.75, 3.05) is 0 Å². The molecule has 0 aliphatic heterocycles. The van der Waals surface area contributed by atoms with E-state index >= 15 is 0 Å². The molecule has 10 heteroatoms. The summed E-state index contributed by atoms with van der Waals surface area (Å²) in [5.41, 5.74) is 1.48. The molecule has 0 amide bonds. The van der Waals surface area contributed by atoms with Crippen LogP contribution in [0.4, 0.5) is 0 Å². The molecule has 0 saturated carbocycles. The van der Waals surface area contributed by atoms with Gasteiger partial charge in [-0.05, 0) is 51.5 Å². The second-order valence-electron chi connectivity index (χ2n) is 5.23. The van der Waals surface area contributed by atoms with Crippen LogP contribution in [-0.4, -0.2) is 50.4 Å². The largest absolute Gasteiger partial charge is 0.253 e. The maximum absolute atomic E-state index is 4.28. The van der Waals surface area contributed by atoms with E-state index in [0.717, 1.165) is 17.8 Å². The normalized spacial score (nSPS) is 10.9. The predicted octanol–water partition coefficient (Wildman–Crippen LogP) is 0.874. The van der Waals surface area contributed by atoms with Crippen LogP contribution in [0.1, 0.15) is 6.42 Å². The smallest absolute Gasteiger partial charge is 0.200 e. The molecular formula is C15H14N10. The maximum atomic E-state index is 4.28. The fraction of sp³-hybridized carbons (Fsp3) is 0.200. The molecule has 4 heterocycles. The zero-order valence-corrected chi connectivity index (χ0v) is 13.2. The van der Waals surface area contributed by atoms with Crippen molar-refractivity contribution in [2.24, 2.45) is 0 Å². The van der Waals surface area contributed by atoms with Crippen molar-refractivity contribution in [3.8, 4) is 23.0 Å². The van der Waals surface area contributed by atoms with E-state index in [9.17, 15) is 0 Å². The lowest BCUT2D eigenvalue weighted by Crippen LogP contribution is -2.09. The summed E-state index contributed by atoms with van der Waals surface area (Å²) in [7, 11) is 0. The van der Waals surface area contributed by atoms with E-state index in [1.165, 1.54) is 0 Å². The SMILES string of the molecule is c1ccc(-c2nnnn2CCCn2nnnc2-c2ccccn2)nc1. The van der Waals surface area contributed by atoms with E-state index in [0.29, 0.717) is 24.7 Å². The van der Waals surface area contributed by atoms with Crippen LogP contribution < -0.4 is 0 Å². The Balaban J connectivity index is 1.45. The van der Waals surface area contributed by atoms with E-state index in [4.69, 9.17) is 0 Å². The van der Waals surface area contributed by atoms with Gasteiger partial charge in [-0.3, -0.25) is 9.97 Å². The van der Waals surface area contributed by atoms with Gasteiger partial charge in [-0.2, -0.15) is 0 Å². The molecule has 0 aromatic carbocycles. The Morgan fingerprint density at radius 3 is 1.64 bits per heavy atom. The fourth-order valence-electron chi connectivity index (χ4n) is 2.44. The minimum Gasteiger partial charge on any atom is -0.253 e. The molecule has 10 nitrogen and oxygen atoms in total. The van der Waals surface area contributed by atoms with Crippen LogP contribution >= 0.6 is 0 Å². The zero-order valence-electron chi connectivity index (χ0n) is 13.2. The summed E-state index contributed by atoms with van der Waals surface area (Å²) in [6.45, 7) is 1.25. The first-order chi connectivity index (χ1) is 12.4. The van der Waals surface area contributed by atoms with Crippen molar-refractivity contribution in [3.05, 3.63) is 48.8 Å². The topological polar surface area (TPSA) is 113 Å². The highest BCUT2D eigenvalue weighted by atomic mass is 15.6. The maximum Gasteiger partial charge on any atom is 0.200 e. The van der Waals surface area contributed by atoms with Gasteiger partial charge in [0.2, 0.25) is 11.6 Å². The van der Waals surface area contributed by atoms with Gasteiger partial charge < -0.3 is 0 Å². The third-order valence-electron chi connectivity index (χ3n) is 3.59. The minimum atomic E-state index is 0.625. The Bertz CT molecular complexity index is 853. The van der Waals surface area contributed by atoms with Crippen LogP contribution in [0.25, 0.3) is 23.0 Å². The highest BCUT2D eigenvalue weighted by Crippen LogP contribution is 2.14. The first-order valence-corrected chi connectivity index (χ1v) is 7.77. The first-order valence-electron chi connectivity index (χ1n) is 7.77. The van der Waals surface area contributed by atoms with Crippen LogP contribution in [-0.2, 0) is 13.1 Å². The molecule has 0 radical (unpaired) electrons. The number of aryl methyl sites for hydroxylation is 2. The summed E-state index contributed by atoms with van der Waals surface area (Å²) in [6, 6.07) is 11.3. The van der Waals surface area contributed by atoms with E-state index in [1.807, 2.05) is 36.4 Å². The standard InChI is InChI=1S/C15H14N10/c1-3-8-16-12(6-1)14-18-20-22-24(14)10-5-11-25-15(19-21-23-25)13-7-2-4-9-17-13/h1-4,6-9H,5,10-11H2.